The van der Waals surface area contributed by atoms with E-state index in [9.17, 15) is 4.79 Å². The van der Waals surface area contributed by atoms with Crippen LogP contribution in [0.25, 0.3) is 6.08 Å². The second-order valence-corrected chi connectivity index (χ2v) is 5.61. The monoisotopic (exact) mass is 391 g/mol. The molecule has 24 heavy (non-hydrogen) atoms. The molecular weight excluding hydrogens is 374 g/mol. The van der Waals surface area contributed by atoms with Gasteiger partial charge in [0.25, 0.3) is 0 Å². The van der Waals surface area contributed by atoms with Crippen LogP contribution in [0.1, 0.15) is 5.56 Å². The summed E-state index contributed by atoms with van der Waals surface area (Å²) in [7, 11) is 4.57. The molecular formula is C18H18BrNO4. The molecule has 0 radical (unpaired) electrons. The highest BCUT2D eigenvalue weighted by Gasteiger charge is 2.13. The fraction of sp³-hybridized carbons (Fsp3) is 0.167. The van der Waals surface area contributed by atoms with Crippen LogP contribution in [0.3, 0.4) is 0 Å². The van der Waals surface area contributed by atoms with Crippen LogP contribution in [0, 0.1) is 0 Å². The number of rotatable bonds is 6. The van der Waals surface area contributed by atoms with E-state index >= 15 is 0 Å². The topological polar surface area (TPSA) is 56.8 Å². The van der Waals surface area contributed by atoms with Crippen LogP contribution < -0.4 is 19.5 Å². The lowest BCUT2D eigenvalue weighted by Gasteiger charge is -2.14. The number of hydrogen-bond donors (Lipinski definition) is 1. The van der Waals surface area contributed by atoms with Gasteiger partial charge < -0.3 is 19.5 Å². The first-order valence-electron chi connectivity index (χ1n) is 7.12. The SMILES string of the molecule is COc1cc(NC(=O)C=Cc2ccccc2Br)cc(OC)c1OC. The second kappa shape index (κ2) is 8.40. The predicted molar refractivity (Wildman–Crippen MR) is 97.9 cm³/mol. The van der Waals surface area contributed by atoms with Crippen LogP contribution in [-0.2, 0) is 4.79 Å². The number of benzene rings is 2. The molecule has 0 heterocycles. The molecule has 0 bridgehead atoms. The van der Waals surface area contributed by atoms with E-state index < -0.39 is 0 Å². The van der Waals surface area contributed by atoms with E-state index in [-0.39, 0.29) is 5.91 Å². The van der Waals surface area contributed by atoms with Crippen molar-refractivity contribution in [1.29, 1.82) is 0 Å². The van der Waals surface area contributed by atoms with Crippen molar-refractivity contribution >= 4 is 33.6 Å². The van der Waals surface area contributed by atoms with Gasteiger partial charge in [-0.25, -0.2) is 0 Å². The first-order chi connectivity index (χ1) is 11.6. The summed E-state index contributed by atoms with van der Waals surface area (Å²) in [5.41, 5.74) is 1.46. The van der Waals surface area contributed by atoms with Crippen molar-refractivity contribution in [2.75, 3.05) is 26.6 Å². The lowest BCUT2D eigenvalue weighted by atomic mass is 10.2. The number of nitrogens with one attached hydrogen (secondary N) is 1. The van der Waals surface area contributed by atoms with Crippen molar-refractivity contribution in [3.8, 4) is 17.2 Å². The van der Waals surface area contributed by atoms with Crippen LogP contribution in [0.4, 0.5) is 5.69 Å². The Balaban J connectivity index is 2.18. The largest absolute Gasteiger partial charge is 0.493 e. The number of halogens is 1. The third-order valence-electron chi connectivity index (χ3n) is 3.25. The minimum atomic E-state index is -0.264. The summed E-state index contributed by atoms with van der Waals surface area (Å²) in [5, 5.41) is 2.78. The molecule has 0 aliphatic carbocycles. The number of carbonyl (C=O) groups excluding carboxylic acids is 1. The third-order valence-corrected chi connectivity index (χ3v) is 3.97. The van der Waals surface area contributed by atoms with Gasteiger partial charge in [-0.2, -0.15) is 0 Å². The van der Waals surface area contributed by atoms with Gasteiger partial charge >= 0.3 is 0 Å². The Kier molecular flexibility index (Phi) is 6.26. The molecule has 1 N–H and O–H groups in total. The number of methoxy groups -OCH3 is 3. The molecule has 0 aliphatic rings. The summed E-state index contributed by atoms with van der Waals surface area (Å²) in [6, 6.07) is 11.0. The molecule has 0 fully saturated rings. The molecule has 2 aromatic carbocycles. The van der Waals surface area contributed by atoms with Crippen molar-refractivity contribution < 1.29 is 19.0 Å². The summed E-state index contributed by atoms with van der Waals surface area (Å²) < 4.78 is 16.7. The van der Waals surface area contributed by atoms with Gasteiger partial charge in [0.2, 0.25) is 11.7 Å². The molecule has 0 aromatic heterocycles. The molecule has 0 unspecified atom stereocenters. The lowest BCUT2D eigenvalue weighted by molar-refractivity contribution is -0.111. The molecule has 1 amide bonds. The fourth-order valence-corrected chi connectivity index (χ4v) is 2.53. The van der Waals surface area contributed by atoms with Crippen LogP contribution in [-0.4, -0.2) is 27.2 Å². The Bertz CT molecular complexity index is 733. The maximum atomic E-state index is 12.1. The number of amides is 1. The summed E-state index contributed by atoms with van der Waals surface area (Å²) in [5.74, 6) is 1.16. The zero-order chi connectivity index (χ0) is 17.5. The summed E-state index contributed by atoms with van der Waals surface area (Å²) >= 11 is 3.44. The average Bonchev–Trinajstić information content (AvgIpc) is 2.60. The highest BCUT2D eigenvalue weighted by Crippen LogP contribution is 2.39. The Labute approximate surface area is 149 Å². The minimum Gasteiger partial charge on any atom is -0.493 e. The highest BCUT2D eigenvalue weighted by atomic mass is 79.9. The molecule has 126 valence electrons. The van der Waals surface area contributed by atoms with Gasteiger partial charge in [0, 0.05) is 28.4 Å². The van der Waals surface area contributed by atoms with Gasteiger partial charge in [-0.1, -0.05) is 34.1 Å². The van der Waals surface area contributed by atoms with E-state index in [1.54, 1.807) is 18.2 Å². The normalized spacial score (nSPS) is 10.5. The van der Waals surface area contributed by atoms with Crippen LogP contribution in [0.2, 0.25) is 0 Å². The number of anilines is 1. The molecule has 0 spiro atoms. The zero-order valence-electron chi connectivity index (χ0n) is 13.6. The standard InChI is InChI=1S/C18H18BrNO4/c1-22-15-10-13(11-16(23-2)18(15)24-3)20-17(21)9-8-12-6-4-5-7-14(12)19/h4-11H,1-3H3,(H,20,21). The van der Waals surface area contributed by atoms with Crippen molar-refractivity contribution in [2.45, 2.75) is 0 Å². The second-order valence-electron chi connectivity index (χ2n) is 4.76. The van der Waals surface area contributed by atoms with E-state index in [0.29, 0.717) is 22.9 Å². The summed E-state index contributed by atoms with van der Waals surface area (Å²) in [6.45, 7) is 0. The molecule has 0 saturated heterocycles. The van der Waals surface area contributed by atoms with Crippen LogP contribution in [0.15, 0.2) is 46.9 Å². The Morgan fingerprint density at radius 1 is 1.04 bits per heavy atom. The smallest absolute Gasteiger partial charge is 0.248 e. The van der Waals surface area contributed by atoms with Gasteiger partial charge in [0.1, 0.15) is 0 Å². The van der Waals surface area contributed by atoms with E-state index in [0.717, 1.165) is 10.0 Å². The molecule has 2 rings (SSSR count). The van der Waals surface area contributed by atoms with Crippen molar-refractivity contribution in [3.63, 3.8) is 0 Å². The maximum absolute atomic E-state index is 12.1. The number of ether oxygens (including phenoxy) is 3. The number of carbonyl (C=O) groups is 1. The van der Waals surface area contributed by atoms with E-state index in [2.05, 4.69) is 21.2 Å². The van der Waals surface area contributed by atoms with E-state index in [1.165, 1.54) is 27.4 Å². The zero-order valence-corrected chi connectivity index (χ0v) is 15.2. The van der Waals surface area contributed by atoms with Crippen molar-refractivity contribution in [2.24, 2.45) is 0 Å². The van der Waals surface area contributed by atoms with Crippen LogP contribution >= 0.6 is 15.9 Å². The lowest BCUT2D eigenvalue weighted by Crippen LogP contribution is -2.08. The highest BCUT2D eigenvalue weighted by molar-refractivity contribution is 9.10. The summed E-state index contributed by atoms with van der Waals surface area (Å²) in [4.78, 5) is 12.1. The van der Waals surface area contributed by atoms with Gasteiger partial charge in [0.05, 0.1) is 21.3 Å². The van der Waals surface area contributed by atoms with Crippen molar-refractivity contribution in [1.82, 2.24) is 0 Å². The molecule has 6 heteroatoms. The Morgan fingerprint density at radius 3 is 2.21 bits per heavy atom. The first-order valence-corrected chi connectivity index (χ1v) is 7.92. The minimum absolute atomic E-state index is 0.264. The Hall–Kier alpha value is -2.47. The Morgan fingerprint density at radius 2 is 1.67 bits per heavy atom. The van der Waals surface area contributed by atoms with Gasteiger partial charge in [-0.15, -0.1) is 0 Å². The summed E-state index contributed by atoms with van der Waals surface area (Å²) in [6.07, 6.45) is 3.20. The quantitative estimate of drug-likeness (QED) is 0.752. The molecule has 0 saturated carbocycles. The fourth-order valence-electron chi connectivity index (χ4n) is 2.11. The van der Waals surface area contributed by atoms with E-state index in [1.807, 2.05) is 24.3 Å². The maximum Gasteiger partial charge on any atom is 0.248 e. The van der Waals surface area contributed by atoms with Gasteiger partial charge in [-0.05, 0) is 17.7 Å². The predicted octanol–water partition coefficient (Wildman–Crippen LogP) is 4.13. The first kappa shape index (κ1) is 17.9. The average molecular weight is 392 g/mol. The van der Waals surface area contributed by atoms with Gasteiger partial charge in [0.15, 0.2) is 11.5 Å². The molecule has 5 nitrogen and oxygen atoms in total. The molecule has 0 aliphatic heterocycles. The molecule has 2 aromatic rings. The van der Waals surface area contributed by atoms with E-state index in [4.69, 9.17) is 14.2 Å². The van der Waals surface area contributed by atoms with Crippen molar-refractivity contribution in [3.05, 3.63) is 52.5 Å². The van der Waals surface area contributed by atoms with Crippen LogP contribution in [0.5, 0.6) is 17.2 Å². The molecule has 0 atom stereocenters. The third kappa shape index (κ3) is 4.29. The number of hydrogen-bond acceptors (Lipinski definition) is 4. The van der Waals surface area contributed by atoms with Gasteiger partial charge in [-0.3, -0.25) is 4.79 Å².